The van der Waals surface area contributed by atoms with E-state index in [1.54, 1.807) is 0 Å². The van der Waals surface area contributed by atoms with Gasteiger partial charge in [-0.3, -0.25) is 0 Å². The zero-order valence-electron chi connectivity index (χ0n) is 13.5. The van der Waals surface area contributed by atoms with Crippen molar-refractivity contribution in [2.24, 2.45) is 11.8 Å². The average Bonchev–Trinajstić information content (AvgIpc) is 3.39. The first-order valence-corrected chi connectivity index (χ1v) is 9.01. The third kappa shape index (κ3) is 2.71. The monoisotopic (exact) mass is 301 g/mol. The van der Waals surface area contributed by atoms with Gasteiger partial charge in [-0.1, -0.05) is 13.3 Å². The first-order valence-electron chi connectivity index (χ1n) is 9.01. The number of anilines is 1. The highest BCUT2D eigenvalue weighted by Crippen LogP contribution is 2.50. The molecule has 1 saturated carbocycles. The van der Waals surface area contributed by atoms with E-state index < -0.39 is 0 Å². The quantitative estimate of drug-likeness (QED) is 0.810. The molecule has 0 unspecified atom stereocenters. The van der Waals surface area contributed by atoms with Crippen LogP contribution >= 0.6 is 0 Å². The average molecular weight is 301 g/mol. The molecule has 2 heterocycles. The van der Waals surface area contributed by atoms with Crippen LogP contribution in [0, 0.1) is 11.8 Å². The minimum Gasteiger partial charge on any atom is -0.494 e. The largest absolute Gasteiger partial charge is 0.494 e. The van der Waals surface area contributed by atoms with E-state index in [0.29, 0.717) is 12.0 Å². The zero-order valence-corrected chi connectivity index (χ0v) is 13.5. The summed E-state index contributed by atoms with van der Waals surface area (Å²) in [6, 6.07) is 7.13. The van der Waals surface area contributed by atoms with E-state index in [1.807, 2.05) is 0 Å². The Hall–Kier alpha value is -1.22. The van der Waals surface area contributed by atoms with Gasteiger partial charge in [-0.05, 0) is 56.2 Å². The Morgan fingerprint density at radius 1 is 1.27 bits per heavy atom. The van der Waals surface area contributed by atoms with Crippen molar-refractivity contribution in [3.8, 4) is 5.75 Å². The van der Waals surface area contributed by atoms with E-state index in [-0.39, 0.29) is 6.10 Å². The van der Waals surface area contributed by atoms with Gasteiger partial charge in [-0.25, -0.2) is 0 Å². The molecule has 1 saturated heterocycles. The van der Waals surface area contributed by atoms with Crippen LogP contribution in [-0.2, 0) is 4.74 Å². The van der Waals surface area contributed by atoms with E-state index in [9.17, 15) is 0 Å². The highest BCUT2D eigenvalue weighted by atomic mass is 16.5. The number of hydrogen-bond donors (Lipinski definition) is 1. The molecule has 0 spiro atoms. The number of nitrogens with one attached hydrogen (secondary N) is 1. The van der Waals surface area contributed by atoms with Gasteiger partial charge in [0.1, 0.15) is 5.75 Å². The molecule has 2 aliphatic heterocycles. The summed E-state index contributed by atoms with van der Waals surface area (Å²) in [6.45, 7) is 3.90. The van der Waals surface area contributed by atoms with Crippen LogP contribution < -0.4 is 10.1 Å². The number of hydrogen-bond acceptors (Lipinski definition) is 3. The molecule has 3 atom stereocenters. The lowest BCUT2D eigenvalue weighted by atomic mass is 9.78. The second-order valence-electron chi connectivity index (χ2n) is 7.06. The number of fused-ring (bicyclic) bond motifs is 3. The predicted molar refractivity (Wildman–Crippen MR) is 88.4 cm³/mol. The molecule has 4 rings (SSSR count). The third-order valence-electron chi connectivity index (χ3n) is 5.38. The SMILES string of the molecule is CCCCOc1ccc2c(c1)[C@H]1OCCC[C@H]1[C@H](C1CC1)N2. The van der Waals surface area contributed by atoms with Gasteiger partial charge in [0.25, 0.3) is 0 Å². The fourth-order valence-electron chi connectivity index (χ4n) is 4.03. The molecule has 0 aromatic heterocycles. The number of rotatable bonds is 5. The van der Waals surface area contributed by atoms with Gasteiger partial charge in [0.2, 0.25) is 0 Å². The minimum atomic E-state index is 0.269. The Balaban J connectivity index is 1.58. The zero-order chi connectivity index (χ0) is 14.9. The standard InChI is InChI=1S/C19H27NO2/c1-2-3-10-21-14-8-9-17-16(12-14)19-15(5-4-11-22-19)18(20-17)13-6-7-13/h8-9,12-13,15,18-20H,2-7,10-11H2,1H3/t15-,18-,19-/m0/s1. The maximum atomic E-state index is 6.20. The summed E-state index contributed by atoms with van der Waals surface area (Å²) in [4.78, 5) is 0. The lowest BCUT2D eigenvalue weighted by Gasteiger charge is -2.43. The molecule has 1 N–H and O–H groups in total. The summed E-state index contributed by atoms with van der Waals surface area (Å²) in [7, 11) is 0. The molecular formula is C19H27NO2. The van der Waals surface area contributed by atoms with Crippen molar-refractivity contribution >= 4 is 5.69 Å². The normalized spacial score (nSPS) is 30.1. The van der Waals surface area contributed by atoms with Gasteiger partial charge in [-0.2, -0.15) is 0 Å². The molecule has 1 aromatic carbocycles. The van der Waals surface area contributed by atoms with Crippen LogP contribution in [0.5, 0.6) is 5.75 Å². The first-order chi connectivity index (χ1) is 10.9. The van der Waals surface area contributed by atoms with Crippen molar-refractivity contribution in [1.29, 1.82) is 0 Å². The lowest BCUT2D eigenvalue weighted by molar-refractivity contribution is -0.0400. The lowest BCUT2D eigenvalue weighted by Crippen LogP contribution is -2.42. The van der Waals surface area contributed by atoms with Gasteiger partial charge < -0.3 is 14.8 Å². The topological polar surface area (TPSA) is 30.5 Å². The van der Waals surface area contributed by atoms with Gasteiger partial charge in [-0.15, -0.1) is 0 Å². The summed E-state index contributed by atoms with van der Waals surface area (Å²) in [5, 5.41) is 3.82. The molecule has 3 heteroatoms. The van der Waals surface area contributed by atoms with Gasteiger partial charge in [0.15, 0.2) is 0 Å². The van der Waals surface area contributed by atoms with Crippen molar-refractivity contribution in [3.63, 3.8) is 0 Å². The summed E-state index contributed by atoms with van der Waals surface area (Å²) >= 11 is 0. The van der Waals surface area contributed by atoms with E-state index in [2.05, 4.69) is 30.4 Å². The van der Waals surface area contributed by atoms with Crippen LogP contribution in [0.4, 0.5) is 5.69 Å². The van der Waals surface area contributed by atoms with Gasteiger partial charge in [0.05, 0.1) is 12.7 Å². The van der Waals surface area contributed by atoms with E-state index in [4.69, 9.17) is 9.47 Å². The Morgan fingerprint density at radius 2 is 2.18 bits per heavy atom. The van der Waals surface area contributed by atoms with Crippen LogP contribution in [0.3, 0.4) is 0 Å². The van der Waals surface area contributed by atoms with Crippen LogP contribution in [0.15, 0.2) is 18.2 Å². The maximum Gasteiger partial charge on any atom is 0.119 e. The first kappa shape index (κ1) is 14.4. The minimum absolute atomic E-state index is 0.269. The van der Waals surface area contributed by atoms with E-state index in [0.717, 1.165) is 31.3 Å². The van der Waals surface area contributed by atoms with Crippen LogP contribution in [0.2, 0.25) is 0 Å². The number of unbranched alkanes of at least 4 members (excludes halogenated alkanes) is 1. The fourth-order valence-corrected chi connectivity index (χ4v) is 4.03. The number of ether oxygens (including phenoxy) is 2. The highest BCUT2D eigenvalue weighted by Gasteiger charge is 2.45. The maximum absolute atomic E-state index is 6.20. The smallest absolute Gasteiger partial charge is 0.119 e. The Kier molecular flexibility index (Phi) is 4.00. The van der Waals surface area contributed by atoms with Crippen LogP contribution in [-0.4, -0.2) is 19.3 Å². The Morgan fingerprint density at radius 3 is 3.00 bits per heavy atom. The van der Waals surface area contributed by atoms with Crippen molar-refractivity contribution in [3.05, 3.63) is 23.8 Å². The van der Waals surface area contributed by atoms with Crippen molar-refractivity contribution in [1.82, 2.24) is 0 Å². The van der Waals surface area contributed by atoms with Crippen molar-refractivity contribution in [2.45, 2.75) is 57.6 Å². The summed E-state index contributed by atoms with van der Waals surface area (Å²) in [5.41, 5.74) is 2.58. The molecule has 22 heavy (non-hydrogen) atoms. The van der Waals surface area contributed by atoms with Crippen LogP contribution in [0.25, 0.3) is 0 Å². The summed E-state index contributed by atoms with van der Waals surface area (Å²) < 4.78 is 12.1. The molecule has 2 fully saturated rings. The molecular weight excluding hydrogens is 274 g/mol. The molecule has 0 amide bonds. The summed E-state index contributed by atoms with van der Waals surface area (Å²) in [5.74, 6) is 2.49. The van der Waals surface area contributed by atoms with Crippen LogP contribution in [0.1, 0.15) is 57.1 Å². The van der Waals surface area contributed by atoms with Gasteiger partial charge in [0, 0.05) is 29.8 Å². The molecule has 0 radical (unpaired) electrons. The molecule has 120 valence electrons. The summed E-state index contributed by atoms with van der Waals surface area (Å²) in [6.07, 6.45) is 7.81. The fraction of sp³-hybridized carbons (Fsp3) is 0.684. The predicted octanol–water partition coefficient (Wildman–Crippen LogP) is 4.54. The highest BCUT2D eigenvalue weighted by molar-refractivity contribution is 5.58. The second kappa shape index (κ2) is 6.11. The van der Waals surface area contributed by atoms with Crippen molar-refractivity contribution < 1.29 is 9.47 Å². The van der Waals surface area contributed by atoms with Gasteiger partial charge >= 0.3 is 0 Å². The molecule has 1 aromatic rings. The number of benzene rings is 1. The molecule has 3 aliphatic rings. The van der Waals surface area contributed by atoms with Crippen molar-refractivity contribution in [2.75, 3.05) is 18.5 Å². The van der Waals surface area contributed by atoms with E-state index >= 15 is 0 Å². The second-order valence-corrected chi connectivity index (χ2v) is 7.06. The third-order valence-corrected chi connectivity index (χ3v) is 5.38. The molecule has 3 nitrogen and oxygen atoms in total. The Bertz CT molecular complexity index is 526. The van der Waals surface area contributed by atoms with E-state index in [1.165, 1.54) is 43.4 Å². The Labute approximate surface area is 133 Å². The molecule has 1 aliphatic carbocycles. The molecule has 0 bridgehead atoms.